The number of piperidine rings is 1. The van der Waals surface area contributed by atoms with Crippen molar-refractivity contribution in [3.63, 3.8) is 0 Å². The summed E-state index contributed by atoms with van der Waals surface area (Å²) in [5.74, 6) is 1.44. The Kier molecular flexibility index (Phi) is 3.30. The minimum Gasteiger partial charge on any atom is -0.306 e. The third-order valence-corrected chi connectivity index (χ3v) is 4.62. The SMILES string of the molecule is CC1CN(C)CCC1(c1ccccc1)c1nnnn1C. The van der Waals surface area contributed by atoms with Gasteiger partial charge in [-0.25, -0.2) is 4.68 Å². The van der Waals surface area contributed by atoms with Crippen LogP contribution in [0.25, 0.3) is 0 Å². The Morgan fingerprint density at radius 2 is 1.95 bits per heavy atom. The van der Waals surface area contributed by atoms with Gasteiger partial charge in [0.1, 0.15) is 0 Å². The smallest absolute Gasteiger partial charge is 0.161 e. The average Bonchev–Trinajstić information content (AvgIpc) is 2.87. The molecule has 5 nitrogen and oxygen atoms in total. The molecule has 0 radical (unpaired) electrons. The van der Waals surface area contributed by atoms with Gasteiger partial charge in [0.25, 0.3) is 0 Å². The van der Waals surface area contributed by atoms with Gasteiger partial charge in [-0.3, -0.25) is 0 Å². The van der Waals surface area contributed by atoms with Crippen LogP contribution in [-0.2, 0) is 12.5 Å². The zero-order valence-electron chi connectivity index (χ0n) is 12.3. The highest BCUT2D eigenvalue weighted by atomic mass is 15.5. The van der Waals surface area contributed by atoms with Crippen molar-refractivity contribution in [1.82, 2.24) is 25.1 Å². The van der Waals surface area contributed by atoms with E-state index in [1.54, 1.807) is 0 Å². The molecule has 0 saturated carbocycles. The third-order valence-electron chi connectivity index (χ3n) is 4.62. The summed E-state index contributed by atoms with van der Waals surface area (Å²) in [7, 11) is 4.12. The van der Waals surface area contributed by atoms with Crippen molar-refractivity contribution in [2.75, 3.05) is 20.1 Å². The number of benzene rings is 1. The molecule has 0 aliphatic carbocycles. The number of nitrogens with zero attached hydrogens (tertiary/aromatic N) is 5. The lowest BCUT2D eigenvalue weighted by Gasteiger charge is -2.45. The van der Waals surface area contributed by atoms with Crippen LogP contribution in [0.15, 0.2) is 30.3 Å². The fourth-order valence-electron chi connectivity index (χ4n) is 3.56. The zero-order valence-corrected chi connectivity index (χ0v) is 12.3. The van der Waals surface area contributed by atoms with Crippen molar-refractivity contribution in [2.45, 2.75) is 18.8 Å². The molecule has 0 bridgehead atoms. The molecule has 106 valence electrons. The predicted octanol–water partition coefficient (Wildman–Crippen LogP) is 1.47. The summed E-state index contributed by atoms with van der Waals surface area (Å²) in [4.78, 5) is 2.38. The second-order valence-corrected chi connectivity index (χ2v) is 5.88. The number of aromatic nitrogens is 4. The van der Waals surface area contributed by atoms with Crippen molar-refractivity contribution in [3.8, 4) is 0 Å². The molecule has 0 N–H and O–H groups in total. The van der Waals surface area contributed by atoms with Gasteiger partial charge in [-0.05, 0) is 41.9 Å². The maximum Gasteiger partial charge on any atom is 0.161 e. The molecule has 20 heavy (non-hydrogen) atoms. The van der Waals surface area contributed by atoms with Crippen molar-refractivity contribution in [1.29, 1.82) is 0 Å². The normalized spacial score (nSPS) is 27.6. The first-order chi connectivity index (χ1) is 9.64. The van der Waals surface area contributed by atoms with E-state index in [1.165, 1.54) is 5.56 Å². The van der Waals surface area contributed by atoms with Crippen LogP contribution >= 0.6 is 0 Å². The molecule has 1 saturated heterocycles. The van der Waals surface area contributed by atoms with E-state index < -0.39 is 0 Å². The summed E-state index contributed by atoms with van der Waals surface area (Å²) in [5, 5.41) is 12.3. The van der Waals surface area contributed by atoms with Gasteiger partial charge in [0.15, 0.2) is 5.82 Å². The van der Waals surface area contributed by atoms with E-state index in [2.05, 4.69) is 64.7 Å². The Morgan fingerprint density at radius 1 is 1.20 bits per heavy atom. The van der Waals surface area contributed by atoms with Gasteiger partial charge in [-0.1, -0.05) is 37.3 Å². The number of likely N-dealkylation sites (tertiary alicyclic amines) is 1. The highest BCUT2D eigenvalue weighted by Crippen LogP contribution is 2.43. The first-order valence-electron chi connectivity index (χ1n) is 7.11. The largest absolute Gasteiger partial charge is 0.306 e. The quantitative estimate of drug-likeness (QED) is 0.830. The van der Waals surface area contributed by atoms with E-state index >= 15 is 0 Å². The Hall–Kier alpha value is -1.75. The van der Waals surface area contributed by atoms with Crippen LogP contribution in [0.4, 0.5) is 0 Å². The molecule has 3 rings (SSSR count). The lowest BCUT2D eigenvalue weighted by molar-refractivity contribution is 0.138. The van der Waals surface area contributed by atoms with Crippen LogP contribution in [0.1, 0.15) is 24.7 Å². The molecule has 1 aromatic carbocycles. The van der Waals surface area contributed by atoms with E-state index in [0.29, 0.717) is 5.92 Å². The molecule has 2 heterocycles. The second kappa shape index (κ2) is 4.98. The minimum atomic E-state index is -0.0912. The van der Waals surface area contributed by atoms with Crippen LogP contribution in [0.3, 0.4) is 0 Å². The first kappa shape index (κ1) is 13.2. The fraction of sp³-hybridized carbons (Fsp3) is 0.533. The average molecular weight is 271 g/mol. The minimum absolute atomic E-state index is 0.0912. The van der Waals surface area contributed by atoms with E-state index in [0.717, 1.165) is 25.3 Å². The molecular formula is C15H21N5. The lowest BCUT2D eigenvalue weighted by atomic mass is 9.66. The van der Waals surface area contributed by atoms with Crippen LogP contribution in [0.5, 0.6) is 0 Å². The molecule has 5 heteroatoms. The van der Waals surface area contributed by atoms with Crippen LogP contribution in [-0.4, -0.2) is 45.2 Å². The van der Waals surface area contributed by atoms with Gasteiger partial charge in [0.2, 0.25) is 0 Å². The summed E-state index contributed by atoms with van der Waals surface area (Å²) in [6.45, 7) is 4.42. The lowest BCUT2D eigenvalue weighted by Crippen LogP contribution is -2.49. The van der Waals surface area contributed by atoms with Crippen LogP contribution in [0, 0.1) is 5.92 Å². The Morgan fingerprint density at radius 3 is 2.55 bits per heavy atom. The molecule has 0 spiro atoms. The van der Waals surface area contributed by atoms with E-state index in [9.17, 15) is 0 Å². The number of tetrazole rings is 1. The standard InChI is InChI=1S/C15H21N5/c1-12-11-19(2)10-9-15(12,13-7-5-4-6-8-13)14-16-17-18-20(14)3/h4-8,12H,9-11H2,1-3H3. The van der Waals surface area contributed by atoms with Crippen LogP contribution < -0.4 is 0 Å². The fourth-order valence-corrected chi connectivity index (χ4v) is 3.56. The third kappa shape index (κ3) is 1.93. The van der Waals surface area contributed by atoms with E-state index in [-0.39, 0.29) is 5.41 Å². The van der Waals surface area contributed by atoms with Gasteiger partial charge >= 0.3 is 0 Å². The van der Waals surface area contributed by atoms with Gasteiger partial charge < -0.3 is 4.90 Å². The summed E-state index contributed by atoms with van der Waals surface area (Å²) < 4.78 is 1.83. The number of rotatable bonds is 2. The highest BCUT2D eigenvalue weighted by molar-refractivity contribution is 5.34. The summed E-state index contributed by atoms with van der Waals surface area (Å²) in [6, 6.07) is 10.7. The van der Waals surface area contributed by atoms with Crippen molar-refractivity contribution >= 4 is 0 Å². The maximum atomic E-state index is 4.35. The predicted molar refractivity (Wildman–Crippen MR) is 77.3 cm³/mol. The van der Waals surface area contributed by atoms with Gasteiger partial charge in [0, 0.05) is 13.6 Å². The van der Waals surface area contributed by atoms with Crippen LogP contribution in [0.2, 0.25) is 0 Å². The van der Waals surface area contributed by atoms with E-state index in [4.69, 9.17) is 0 Å². The molecule has 1 aliphatic heterocycles. The van der Waals surface area contributed by atoms with Crippen molar-refractivity contribution in [3.05, 3.63) is 41.7 Å². The number of aryl methyl sites for hydroxylation is 1. The van der Waals surface area contributed by atoms with E-state index in [1.807, 2.05) is 11.7 Å². The first-order valence-corrected chi connectivity index (χ1v) is 7.11. The Bertz CT molecular complexity index is 579. The van der Waals surface area contributed by atoms with Gasteiger partial charge in [-0.15, -0.1) is 5.10 Å². The topological polar surface area (TPSA) is 46.8 Å². The van der Waals surface area contributed by atoms with Crippen molar-refractivity contribution in [2.24, 2.45) is 13.0 Å². The van der Waals surface area contributed by atoms with Crippen molar-refractivity contribution < 1.29 is 0 Å². The van der Waals surface area contributed by atoms with Gasteiger partial charge in [0.05, 0.1) is 5.41 Å². The molecule has 2 atom stereocenters. The molecule has 1 aromatic heterocycles. The Labute approximate surface area is 119 Å². The zero-order chi connectivity index (χ0) is 14.2. The summed E-state index contributed by atoms with van der Waals surface area (Å²) in [5.41, 5.74) is 1.23. The second-order valence-electron chi connectivity index (χ2n) is 5.88. The summed E-state index contributed by atoms with van der Waals surface area (Å²) in [6.07, 6.45) is 1.04. The number of hydrogen-bond acceptors (Lipinski definition) is 4. The van der Waals surface area contributed by atoms with Gasteiger partial charge in [-0.2, -0.15) is 0 Å². The Balaban J connectivity index is 2.16. The molecule has 2 aromatic rings. The molecule has 1 aliphatic rings. The highest BCUT2D eigenvalue weighted by Gasteiger charge is 2.46. The monoisotopic (exact) mass is 271 g/mol. The molecule has 2 unspecified atom stereocenters. The molecule has 1 fully saturated rings. The number of hydrogen-bond donors (Lipinski definition) is 0. The maximum absolute atomic E-state index is 4.35. The summed E-state index contributed by atoms with van der Waals surface area (Å²) >= 11 is 0. The molecular weight excluding hydrogens is 250 g/mol. The molecule has 0 amide bonds.